The highest BCUT2D eigenvalue weighted by Gasteiger charge is 2.40. The first kappa shape index (κ1) is 15.3. The molecule has 0 aromatic heterocycles. The Hall–Kier alpha value is -1.11. The third kappa shape index (κ3) is 2.97. The predicted octanol–water partition coefficient (Wildman–Crippen LogP) is 1.85. The van der Waals surface area contributed by atoms with Crippen LogP contribution in [0.3, 0.4) is 0 Å². The van der Waals surface area contributed by atoms with Crippen molar-refractivity contribution in [3.63, 3.8) is 0 Å². The smallest absolute Gasteiger partial charge is 0.328 e. The van der Waals surface area contributed by atoms with Gasteiger partial charge >= 0.3 is 5.97 Å². The van der Waals surface area contributed by atoms with Crippen molar-refractivity contribution in [1.82, 2.24) is 4.90 Å². The third-order valence-corrected chi connectivity index (χ3v) is 3.99. The molecule has 1 N–H and O–H groups in total. The molecule has 1 aromatic carbocycles. The van der Waals surface area contributed by atoms with Crippen LogP contribution in [0.15, 0.2) is 22.7 Å². The Bertz CT molecular complexity index is 551. The summed E-state index contributed by atoms with van der Waals surface area (Å²) in [4.78, 5) is 25.5. The van der Waals surface area contributed by atoms with Crippen LogP contribution < -0.4 is 0 Å². The molecule has 20 heavy (non-hydrogen) atoms. The van der Waals surface area contributed by atoms with Gasteiger partial charge in [0.2, 0.25) is 0 Å². The van der Waals surface area contributed by atoms with Gasteiger partial charge in [0.25, 0.3) is 5.91 Å². The summed E-state index contributed by atoms with van der Waals surface area (Å²) in [7, 11) is 1.25. The predicted molar refractivity (Wildman–Crippen MR) is 76.6 cm³/mol. The molecule has 1 fully saturated rings. The molecule has 1 amide bonds. The topological polar surface area (TPSA) is 66.8 Å². The van der Waals surface area contributed by atoms with Crippen molar-refractivity contribution in [3.8, 4) is 0 Å². The van der Waals surface area contributed by atoms with Crippen LogP contribution in [-0.2, 0) is 9.53 Å². The van der Waals surface area contributed by atoms with Gasteiger partial charge in [-0.05, 0) is 18.2 Å². The number of aliphatic hydroxyl groups is 1. The standard InChI is InChI=1S/C13H13BrClNO4/c1-20-13(19)11-5-8(17)6-16(11)12(18)9-4-7(14)2-3-10(9)15/h2-4,8,11,17H,5-6H2,1H3. The van der Waals surface area contributed by atoms with Gasteiger partial charge in [-0.1, -0.05) is 27.5 Å². The van der Waals surface area contributed by atoms with Crippen molar-refractivity contribution in [2.75, 3.05) is 13.7 Å². The minimum Gasteiger partial charge on any atom is -0.467 e. The normalized spacial score (nSPS) is 21.9. The van der Waals surface area contributed by atoms with Gasteiger partial charge in [0, 0.05) is 17.4 Å². The maximum absolute atomic E-state index is 12.5. The van der Waals surface area contributed by atoms with Crippen LogP contribution >= 0.6 is 27.5 Å². The molecule has 7 heteroatoms. The van der Waals surface area contributed by atoms with Crippen LogP contribution in [0, 0.1) is 0 Å². The number of rotatable bonds is 2. The van der Waals surface area contributed by atoms with Crippen molar-refractivity contribution < 1.29 is 19.4 Å². The van der Waals surface area contributed by atoms with E-state index in [1.807, 2.05) is 0 Å². The maximum Gasteiger partial charge on any atom is 0.328 e. The summed E-state index contributed by atoms with van der Waals surface area (Å²) in [6.45, 7) is 0.0848. The quantitative estimate of drug-likeness (QED) is 0.816. The summed E-state index contributed by atoms with van der Waals surface area (Å²) in [6.07, 6.45) is -0.571. The highest BCUT2D eigenvalue weighted by Crippen LogP contribution is 2.27. The second-order valence-electron chi connectivity index (χ2n) is 4.51. The number of hydrogen-bond donors (Lipinski definition) is 1. The number of carbonyl (C=O) groups is 2. The lowest BCUT2D eigenvalue weighted by molar-refractivity contribution is -0.145. The minimum absolute atomic E-state index is 0.0848. The largest absolute Gasteiger partial charge is 0.467 e. The molecular weight excluding hydrogens is 350 g/mol. The Balaban J connectivity index is 2.31. The molecule has 0 saturated carbocycles. The number of hydrogen-bond acceptors (Lipinski definition) is 4. The first-order valence-corrected chi connectivity index (χ1v) is 7.13. The van der Waals surface area contributed by atoms with E-state index in [4.69, 9.17) is 11.6 Å². The van der Waals surface area contributed by atoms with Gasteiger partial charge in [0.1, 0.15) is 6.04 Å². The fraction of sp³-hybridized carbons (Fsp3) is 0.385. The zero-order valence-corrected chi connectivity index (χ0v) is 13.0. The summed E-state index contributed by atoms with van der Waals surface area (Å²) in [5.74, 6) is -0.940. The van der Waals surface area contributed by atoms with E-state index in [0.29, 0.717) is 9.50 Å². The first-order valence-electron chi connectivity index (χ1n) is 5.96. The van der Waals surface area contributed by atoms with E-state index in [9.17, 15) is 14.7 Å². The minimum atomic E-state index is -0.780. The van der Waals surface area contributed by atoms with Gasteiger partial charge in [-0.3, -0.25) is 4.79 Å². The molecule has 2 rings (SSSR count). The van der Waals surface area contributed by atoms with E-state index in [2.05, 4.69) is 20.7 Å². The number of ether oxygens (including phenoxy) is 1. The Morgan fingerprint density at radius 3 is 2.85 bits per heavy atom. The first-order chi connectivity index (χ1) is 9.43. The van der Waals surface area contributed by atoms with Crippen LogP contribution in [0.2, 0.25) is 5.02 Å². The molecule has 0 bridgehead atoms. The van der Waals surface area contributed by atoms with E-state index in [1.54, 1.807) is 18.2 Å². The number of nitrogens with zero attached hydrogens (tertiary/aromatic N) is 1. The van der Waals surface area contributed by atoms with Crippen LogP contribution in [0.25, 0.3) is 0 Å². The molecule has 1 aliphatic rings. The number of β-amino-alcohol motifs (C(OH)–C–C–N with tert-alkyl or cyclic N) is 1. The molecule has 1 saturated heterocycles. The van der Waals surface area contributed by atoms with Gasteiger partial charge in [-0.15, -0.1) is 0 Å². The average molecular weight is 363 g/mol. The van der Waals surface area contributed by atoms with Gasteiger partial charge in [0.05, 0.1) is 23.8 Å². The molecule has 0 spiro atoms. The molecule has 1 aliphatic heterocycles. The van der Waals surface area contributed by atoms with Crippen molar-refractivity contribution in [2.45, 2.75) is 18.6 Å². The molecule has 5 nitrogen and oxygen atoms in total. The van der Waals surface area contributed by atoms with Crippen LogP contribution in [0.1, 0.15) is 16.8 Å². The maximum atomic E-state index is 12.5. The Labute approximate surface area is 129 Å². The highest BCUT2D eigenvalue weighted by atomic mass is 79.9. The van der Waals surface area contributed by atoms with E-state index in [-0.39, 0.29) is 18.5 Å². The Morgan fingerprint density at radius 2 is 2.20 bits per heavy atom. The molecule has 108 valence electrons. The number of aliphatic hydroxyl groups excluding tert-OH is 1. The lowest BCUT2D eigenvalue weighted by Crippen LogP contribution is -2.41. The lowest BCUT2D eigenvalue weighted by Gasteiger charge is -2.22. The summed E-state index contributed by atoms with van der Waals surface area (Å²) in [5, 5.41) is 9.98. The van der Waals surface area contributed by atoms with Crippen molar-refractivity contribution in [2.24, 2.45) is 0 Å². The Morgan fingerprint density at radius 1 is 1.50 bits per heavy atom. The van der Waals surface area contributed by atoms with E-state index in [0.717, 1.165) is 0 Å². The summed E-state index contributed by atoms with van der Waals surface area (Å²) >= 11 is 9.29. The monoisotopic (exact) mass is 361 g/mol. The summed E-state index contributed by atoms with van der Waals surface area (Å²) in [5.41, 5.74) is 0.282. The Kier molecular flexibility index (Phi) is 4.67. The van der Waals surface area contributed by atoms with Crippen LogP contribution in [-0.4, -0.2) is 47.7 Å². The second kappa shape index (κ2) is 6.11. The molecule has 1 aromatic rings. The highest BCUT2D eigenvalue weighted by molar-refractivity contribution is 9.10. The summed E-state index contributed by atoms with van der Waals surface area (Å²) < 4.78 is 5.37. The number of carbonyl (C=O) groups excluding carboxylic acids is 2. The number of methoxy groups -OCH3 is 1. The van der Waals surface area contributed by atoms with Gasteiger partial charge < -0.3 is 14.7 Å². The van der Waals surface area contributed by atoms with Gasteiger partial charge in [-0.2, -0.15) is 0 Å². The SMILES string of the molecule is COC(=O)C1CC(O)CN1C(=O)c1cc(Br)ccc1Cl. The third-order valence-electron chi connectivity index (χ3n) is 3.17. The number of benzene rings is 1. The molecular formula is C13H13BrClNO4. The fourth-order valence-corrected chi connectivity index (χ4v) is 2.77. The van der Waals surface area contributed by atoms with Crippen molar-refractivity contribution in [1.29, 1.82) is 0 Å². The second-order valence-corrected chi connectivity index (χ2v) is 5.83. The summed E-state index contributed by atoms with van der Waals surface area (Å²) in [6, 6.07) is 4.12. The molecule has 2 atom stereocenters. The fourth-order valence-electron chi connectivity index (χ4n) is 2.21. The number of esters is 1. The van der Waals surface area contributed by atoms with E-state index < -0.39 is 24.0 Å². The zero-order chi connectivity index (χ0) is 14.9. The number of likely N-dealkylation sites (tertiary alicyclic amines) is 1. The zero-order valence-electron chi connectivity index (χ0n) is 10.7. The van der Waals surface area contributed by atoms with Gasteiger partial charge in [0.15, 0.2) is 0 Å². The number of halogens is 2. The van der Waals surface area contributed by atoms with E-state index >= 15 is 0 Å². The van der Waals surface area contributed by atoms with Crippen LogP contribution in [0.5, 0.6) is 0 Å². The van der Waals surface area contributed by atoms with Crippen LogP contribution in [0.4, 0.5) is 0 Å². The van der Waals surface area contributed by atoms with Crippen molar-refractivity contribution in [3.05, 3.63) is 33.3 Å². The molecule has 2 unspecified atom stereocenters. The van der Waals surface area contributed by atoms with Crippen molar-refractivity contribution >= 4 is 39.4 Å². The molecule has 1 heterocycles. The molecule has 0 aliphatic carbocycles. The number of amides is 1. The van der Waals surface area contributed by atoms with E-state index in [1.165, 1.54) is 12.0 Å². The average Bonchev–Trinajstić information content (AvgIpc) is 2.82. The molecule has 0 radical (unpaired) electrons. The van der Waals surface area contributed by atoms with Gasteiger partial charge in [-0.25, -0.2) is 4.79 Å². The lowest BCUT2D eigenvalue weighted by atomic mass is 10.1.